The van der Waals surface area contributed by atoms with Gasteiger partial charge in [0.25, 0.3) is 0 Å². The Morgan fingerprint density at radius 2 is 0.831 bits per heavy atom. The van der Waals surface area contributed by atoms with Crippen molar-refractivity contribution in [2.24, 2.45) is 0 Å². The van der Waals surface area contributed by atoms with Gasteiger partial charge in [0.15, 0.2) is 0 Å². The van der Waals surface area contributed by atoms with Gasteiger partial charge in [-0.1, -0.05) is 253 Å². The molecule has 0 aromatic carbocycles. The van der Waals surface area contributed by atoms with Crippen LogP contribution in [-0.4, -0.2) is 46.9 Å². The number of carbonyl (C=O) groups excluding carboxylic acids is 2. The molecule has 372 valence electrons. The third kappa shape index (κ3) is 47.1. The van der Waals surface area contributed by atoms with Crippen molar-refractivity contribution in [3.63, 3.8) is 0 Å². The lowest BCUT2D eigenvalue weighted by atomic mass is 10.0. The van der Waals surface area contributed by atoms with Crippen molar-refractivity contribution in [1.82, 2.24) is 5.32 Å². The van der Waals surface area contributed by atoms with Gasteiger partial charge in [-0.05, 0) is 70.6 Å². The highest BCUT2D eigenvalue weighted by atomic mass is 16.5. The largest absolute Gasteiger partial charge is 0.462 e. The summed E-state index contributed by atoms with van der Waals surface area (Å²) in [5.41, 5.74) is 0. The van der Waals surface area contributed by atoms with E-state index in [1.807, 2.05) is 54.7 Å². The Kier molecular flexibility index (Phi) is 49.2. The summed E-state index contributed by atoms with van der Waals surface area (Å²) in [5.74, 6) is -0.555. The van der Waals surface area contributed by atoms with Crippen LogP contribution in [0.3, 0.4) is 0 Å². The average molecular weight is 904 g/mol. The first-order valence-corrected chi connectivity index (χ1v) is 27.1. The van der Waals surface area contributed by atoms with Crippen LogP contribution >= 0.6 is 0 Å². The average Bonchev–Trinajstić information content (AvgIpc) is 3.30. The van der Waals surface area contributed by atoms with Crippen LogP contribution in [0.2, 0.25) is 0 Å². The molecule has 0 aromatic rings. The van der Waals surface area contributed by atoms with E-state index < -0.39 is 18.2 Å². The predicted octanol–water partition coefficient (Wildman–Crippen LogP) is 16.5. The van der Waals surface area contributed by atoms with Crippen molar-refractivity contribution < 1.29 is 24.5 Å². The summed E-state index contributed by atoms with van der Waals surface area (Å²) < 4.78 is 5.91. The number of carbonyl (C=O) groups is 2. The molecule has 65 heavy (non-hydrogen) atoms. The van der Waals surface area contributed by atoms with E-state index in [0.717, 1.165) is 83.5 Å². The van der Waals surface area contributed by atoms with E-state index in [4.69, 9.17) is 4.74 Å². The maximum Gasteiger partial charge on any atom is 0.306 e. The first-order chi connectivity index (χ1) is 32.0. The van der Waals surface area contributed by atoms with E-state index in [1.54, 1.807) is 0 Å². The second kappa shape index (κ2) is 51.8. The fraction of sp³-hybridized carbons (Fsp3) is 0.695. The SMILES string of the molecule is CC\C=C/C=C/C=C/C=C\C=C\C=C\CCCCCC(=O)OC(CCCCC/C=C/C=C/CCCCCCCCC)CC(=O)NC(CO)C(O)CCCCCCCCCCCCCCC. The third-order valence-electron chi connectivity index (χ3n) is 11.8. The van der Waals surface area contributed by atoms with Crippen LogP contribution in [0, 0.1) is 0 Å². The van der Waals surface area contributed by atoms with Crippen LogP contribution in [0.25, 0.3) is 0 Å². The molecule has 0 fully saturated rings. The molecular formula is C59H101NO5. The smallest absolute Gasteiger partial charge is 0.306 e. The zero-order chi connectivity index (χ0) is 47.4. The monoisotopic (exact) mass is 904 g/mol. The van der Waals surface area contributed by atoms with Gasteiger partial charge >= 0.3 is 5.97 Å². The summed E-state index contributed by atoms with van der Waals surface area (Å²) in [6.45, 7) is 6.32. The van der Waals surface area contributed by atoms with Crippen LogP contribution in [-0.2, 0) is 14.3 Å². The molecule has 0 aliphatic carbocycles. The number of esters is 1. The van der Waals surface area contributed by atoms with Crippen molar-refractivity contribution in [3.05, 3.63) is 97.2 Å². The van der Waals surface area contributed by atoms with Crippen LogP contribution in [0.15, 0.2) is 97.2 Å². The van der Waals surface area contributed by atoms with Gasteiger partial charge in [0.1, 0.15) is 6.10 Å². The molecule has 0 aliphatic heterocycles. The van der Waals surface area contributed by atoms with E-state index in [9.17, 15) is 19.8 Å². The summed E-state index contributed by atoms with van der Waals surface area (Å²) >= 11 is 0. The van der Waals surface area contributed by atoms with Crippen molar-refractivity contribution in [1.29, 1.82) is 0 Å². The molecule has 1 amide bonds. The van der Waals surface area contributed by atoms with Crippen molar-refractivity contribution >= 4 is 11.9 Å². The number of allylic oxidation sites excluding steroid dienone is 16. The lowest BCUT2D eigenvalue weighted by Crippen LogP contribution is -2.46. The Morgan fingerprint density at radius 1 is 0.462 bits per heavy atom. The molecule has 0 bridgehead atoms. The second-order valence-corrected chi connectivity index (χ2v) is 18.1. The van der Waals surface area contributed by atoms with Gasteiger partial charge in [-0.3, -0.25) is 9.59 Å². The molecule has 3 atom stereocenters. The van der Waals surface area contributed by atoms with Gasteiger partial charge in [0, 0.05) is 6.42 Å². The quantitative estimate of drug-likeness (QED) is 0.0321. The van der Waals surface area contributed by atoms with Crippen molar-refractivity contribution in [2.75, 3.05) is 6.61 Å². The van der Waals surface area contributed by atoms with E-state index in [2.05, 4.69) is 68.6 Å². The Hall–Kier alpha value is -3.22. The molecular weight excluding hydrogens is 803 g/mol. The topological polar surface area (TPSA) is 95.9 Å². The summed E-state index contributed by atoms with van der Waals surface area (Å²) in [7, 11) is 0. The van der Waals surface area contributed by atoms with Gasteiger partial charge in [-0.25, -0.2) is 0 Å². The Balaban J connectivity index is 4.75. The molecule has 0 rings (SSSR count). The third-order valence-corrected chi connectivity index (χ3v) is 11.8. The molecule has 0 heterocycles. The number of unbranched alkanes of at least 4 members (excludes halogenated alkanes) is 25. The number of ether oxygens (including phenoxy) is 1. The summed E-state index contributed by atoms with van der Waals surface area (Å²) in [6.07, 6.45) is 68.9. The zero-order valence-corrected chi connectivity index (χ0v) is 42.3. The summed E-state index contributed by atoms with van der Waals surface area (Å²) in [4.78, 5) is 26.2. The van der Waals surface area contributed by atoms with E-state index in [0.29, 0.717) is 19.3 Å². The predicted molar refractivity (Wildman–Crippen MR) is 282 cm³/mol. The zero-order valence-electron chi connectivity index (χ0n) is 42.3. The summed E-state index contributed by atoms with van der Waals surface area (Å²) in [5, 5.41) is 23.8. The fourth-order valence-corrected chi connectivity index (χ4v) is 7.75. The highest BCUT2D eigenvalue weighted by Crippen LogP contribution is 2.17. The Labute approximate surface area is 401 Å². The molecule has 3 N–H and O–H groups in total. The molecule has 0 aromatic heterocycles. The van der Waals surface area contributed by atoms with Gasteiger partial charge in [0.2, 0.25) is 5.91 Å². The first kappa shape index (κ1) is 61.8. The highest BCUT2D eigenvalue weighted by Gasteiger charge is 2.24. The number of aliphatic hydroxyl groups excluding tert-OH is 2. The standard InChI is InChI=1S/C59H101NO5/c1-4-7-10-13-16-19-22-25-27-29-31-34-37-40-43-46-49-52-59(64)65-55(50-47-44-41-38-35-33-30-28-26-23-20-17-14-11-8-5-2)53-58(63)60-56(54-61)57(62)51-48-45-42-39-36-32-24-21-18-15-12-9-6-3/h7,10,13,16,19,22,25,27-31,33-35,37,55-57,61-62H,4-6,8-9,11-12,14-15,17-18,20-21,23-24,26,32,36,38-54H2,1-3H3,(H,60,63)/b10-7-,16-13+,22-19+,27-25-,30-28+,31-29+,35-33+,37-34+. The van der Waals surface area contributed by atoms with Gasteiger partial charge in [-0.15, -0.1) is 0 Å². The number of hydrogen-bond donors (Lipinski definition) is 3. The fourth-order valence-electron chi connectivity index (χ4n) is 7.75. The normalized spacial score (nSPS) is 14.0. The number of hydrogen-bond acceptors (Lipinski definition) is 5. The lowest BCUT2D eigenvalue weighted by molar-refractivity contribution is -0.151. The van der Waals surface area contributed by atoms with Crippen LogP contribution in [0.5, 0.6) is 0 Å². The lowest BCUT2D eigenvalue weighted by Gasteiger charge is -2.24. The molecule has 3 unspecified atom stereocenters. The Morgan fingerprint density at radius 3 is 1.29 bits per heavy atom. The van der Waals surface area contributed by atoms with Gasteiger partial charge in [0.05, 0.1) is 25.2 Å². The molecule has 6 heteroatoms. The Bertz CT molecular complexity index is 1290. The minimum Gasteiger partial charge on any atom is -0.462 e. The molecule has 0 aliphatic rings. The van der Waals surface area contributed by atoms with E-state index in [-0.39, 0.29) is 24.9 Å². The minimum atomic E-state index is -0.809. The second-order valence-electron chi connectivity index (χ2n) is 18.1. The maximum absolute atomic E-state index is 13.2. The molecule has 0 radical (unpaired) electrons. The van der Waals surface area contributed by atoms with E-state index >= 15 is 0 Å². The van der Waals surface area contributed by atoms with Crippen LogP contribution < -0.4 is 5.32 Å². The van der Waals surface area contributed by atoms with Gasteiger partial charge in [-0.2, -0.15) is 0 Å². The van der Waals surface area contributed by atoms with Crippen LogP contribution in [0.4, 0.5) is 0 Å². The van der Waals surface area contributed by atoms with Crippen LogP contribution in [0.1, 0.15) is 239 Å². The number of rotatable bonds is 47. The summed E-state index contributed by atoms with van der Waals surface area (Å²) in [6, 6.07) is -0.726. The highest BCUT2D eigenvalue weighted by molar-refractivity contribution is 5.77. The molecule has 0 spiro atoms. The van der Waals surface area contributed by atoms with E-state index in [1.165, 1.54) is 109 Å². The minimum absolute atomic E-state index is 0.0363. The maximum atomic E-state index is 13.2. The van der Waals surface area contributed by atoms with Crippen molar-refractivity contribution in [3.8, 4) is 0 Å². The molecule has 0 saturated carbocycles. The van der Waals surface area contributed by atoms with Gasteiger partial charge < -0.3 is 20.3 Å². The molecule has 6 nitrogen and oxygen atoms in total. The number of aliphatic hydroxyl groups is 2. The number of amides is 1. The number of nitrogens with one attached hydrogen (secondary N) is 1. The molecule has 0 saturated heterocycles. The van der Waals surface area contributed by atoms with Crippen molar-refractivity contribution in [2.45, 2.75) is 257 Å². The first-order valence-electron chi connectivity index (χ1n) is 27.1.